The Morgan fingerprint density at radius 3 is 2.60 bits per heavy atom. The average molecular weight is 272 g/mol. The first-order valence-electron chi connectivity index (χ1n) is 3.84. The van der Waals surface area contributed by atoms with Crippen LogP contribution in [0.1, 0.15) is 23.4 Å². The number of nitrogens with zero attached hydrogens (tertiary/aromatic N) is 3. The first-order valence-corrected chi connectivity index (χ1v) is 4.64. The van der Waals surface area contributed by atoms with Crippen molar-refractivity contribution in [3.05, 3.63) is 27.5 Å². The minimum absolute atomic E-state index is 0.0607. The van der Waals surface area contributed by atoms with E-state index < -0.39 is 12.1 Å². The molecule has 6 heteroatoms. The maximum absolute atomic E-state index is 12.4. The smallest absolute Gasteiger partial charge is 0.249 e. The zero-order valence-electron chi connectivity index (χ0n) is 7.34. The molecule has 1 heterocycles. The van der Waals surface area contributed by atoms with Crippen molar-refractivity contribution in [2.24, 2.45) is 0 Å². The lowest BCUT2D eigenvalue weighted by Crippen LogP contribution is -1.99. The minimum Gasteiger partial charge on any atom is -0.249 e. The summed E-state index contributed by atoms with van der Waals surface area (Å²) in [6.45, 7) is 0. The van der Waals surface area contributed by atoms with Crippen molar-refractivity contribution in [3.63, 3.8) is 0 Å². The van der Waals surface area contributed by atoms with E-state index in [9.17, 15) is 8.78 Å². The van der Waals surface area contributed by atoms with E-state index in [0.717, 1.165) is 6.07 Å². The quantitative estimate of drug-likeness (QED) is 0.831. The van der Waals surface area contributed by atoms with Gasteiger partial charge in [-0.25, -0.2) is 13.8 Å². The van der Waals surface area contributed by atoms with Gasteiger partial charge in [0, 0.05) is 0 Å². The van der Waals surface area contributed by atoms with E-state index in [1.165, 1.54) is 0 Å². The summed E-state index contributed by atoms with van der Waals surface area (Å²) in [5.74, 6) is 0. The molecule has 0 amide bonds. The van der Waals surface area contributed by atoms with Gasteiger partial charge in [-0.2, -0.15) is 10.5 Å². The summed E-state index contributed by atoms with van der Waals surface area (Å²) < 4.78 is 25.0. The molecule has 3 nitrogen and oxygen atoms in total. The van der Waals surface area contributed by atoms with E-state index >= 15 is 0 Å². The van der Waals surface area contributed by atoms with Crippen molar-refractivity contribution in [2.45, 2.75) is 12.8 Å². The molecule has 15 heavy (non-hydrogen) atoms. The van der Waals surface area contributed by atoms with Crippen LogP contribution in [0.2, 0.25) is 0 Å². The van der Waals surface area contributed by atoms with Gasteiger partial charge in [0.15, 0.2) is 0 Å². The van der Waals surface area contributed by atoms with Crippen molar-refractivity contribution >= 4 is 15.9 Å². The number of alkyl halides is 2. The van der Waals surface area contributed by atoms with Crippen LogP contribution in [0.15, 0.2) is 10.5 Å². The Hall–Kier alpha value is -1.53. The first kappa shape index (κ1) is 11.5. The molecule has 0 aromatic carbocycles. The van der Waals surface area contributed by atoms with Crippen molar-refractivity contribution in [3.8, 4) is 12.1 Å². The van der Waals surface area contributed by atoms with Gasteiger partial charge in [-0.3, -0.25) is 0 Å². The fourth-order valence-electron chi connectivity index (χ4n) is 0.989. The lowest BCUT2D eigenvalue weighted by Gasteiger charge is -2.05. The average Bonchev–Trinajstić information content (AvgIpc) is 2.21. The Bertz CT molecular complexity index is 460. The second-order valence-corrected chi connectivity index (χ2v) is 3.40. The SMILES string of the molecule is N#CCc1nc(C(F)F)cc(C#N)c1Br. The zero-order chi connectivity index (χ0) is 11.4. The molecule has 76 valence electrons. The number of hydrogen-bond donors (Lipinski definition) is 0. The van der Waals surface area contributed by atoms with Crippen LogP contribution >= 0.6 is 15.9 Å². The third-order valence-corrected chi connectivity index (χ3v) is 2.52. The van der Waals surface area contributed by atoms with Gasteiger partial charge >= 0.3 is 0 Å². The molecular formula is C9H4BrF2N3. The van der Waals surface area contributed by atoms with Crippen molar-refractivity contribution in [1.29, 1.82) is 10.5 Å². The Labute approximate surface area is 93.1 Å². The highest BCUT2D eigenvalue weighted by Gasteiger charge is 2.15. The van der Waals surface area contributed by atoms with Crippen molar-refractivity contribution < 1.29 is 8.78 Å². The van der Waals surface area contributed by atoms with E-state index in [4.69, 9.17) is 10.5 Å². The van der Waals surface area contributed by atoms with Crippen LogP contribution < -0.4 is 0 Å². The van der Waals surface area contributed by atoms with E-state index in [0.29, 0.717) is 4.47 Å². The molecule has 0 atom stereocenters. The molecule has 0 aliphatic heterocycles. The van der Waals surface area contributed by atoms with E-state index in [-0.39, 0.29) is 17.7 Å². The van der Waals surface area contributed by atoms with E-state index in [2.05, 4.69) is 20.9 Å². The van der Waals surface area contributed by atoms with Crippen LogP contribution in [0.4, 0.5) is 8.78 Å². The molecule has 1 aromatic rings. The maximum atomic E-state index is 12.4. The van der Waals surface area contributed by atoms with Crippen LogP contribution in [-0.4, -0.2) is 4.98 Å². The topological polar surface area (TPSA) is 60.5 Å². The monoisotopic (exact) mass is 271 g/mol. The lowest BCUT2D eigenvalue weighted by molar-refractivity contribution is 0.146. The molecule has 0 aliphatic rings. The Balaban J connectivity index is 3.34. The second-order valence-electron chi connectivity index (χ2n) is 2.60. The van der Waals surface area contributed by atoms with Crippen LogP contribution in [0.3, 0.4) is 0 Å². The fraction of sp³-hybridized carbons (Fsp3) is 0.222. The molecule has 0 bridgehead atoms. The molecule has 0 saturated heterocycles. The van der Waals surface area contributed by atoms with Crippen LogP contribution in [-0.2, 0) is 6.42 Å². The van der Waals surface area contributed by atoms with Crippen LogP contribution in [0.25, 0.3) is 0 Å². The van der Waals surface area contributed by atoms with Crippen LogP contribution in [0, 0.1) is 22.7 Å². The zero-order valence-corrected chi connectivity index (χ0v) is 8.92. The Morgan fingerprint density at radius 2 is 2.13 bits per heavy atom. The third kappa shape index (κ3) is 2.48. The minimum atomic E-state index is -2.75. The number of halogens is 3. The van der Waals surface area contributed by atoms with Gasteiger partial charge in [0.25, 0.3) is 6.43 Å². The van der Waals surface area contributed by atoms with Gasteiger partial charge in [-0.1, -0.05) is 0 Å². The fourth-order valence-corrected chi connectivity index (χ4v) is 1.42. The summed E-state index contributed by atoms with van der Waals surface area (Å²) in [5.41, 5.74) is -0.266. The van der Waals surface area contributed by atoms with Gasteiger partial charge in [0.05, 0.1) is 28.2 Å². The van der Waals surface area contributed by atoms with Gasteiger partial charge in [0.1, 0.15) is 11.8 Å². The van der Waals surface area contributed by atoms with Gasteiger partial charge in [0.2, 0.25) is 0 Å². The van der Waals surface area contributed by atoms with E-state index in [1.807, 2.05) is 0 Å². The molecule has 0 saturated carbocycles. The summed E-state index contributed by atoms with van der Waals surface area (Å²) >= 11 is 3.04. The third-order valence-electron chi connectivity index (χ3n) is 1.64. The standard InChI is InChI=1S/C9H4BrF2N3/c10-8-5(4-14)3-7(9(11)12)15-6(8)1-2-13/h3,9H,1H2. The molecule has 0 radical (unpaired) electrons. The van der Waals surface area contributed by atoms with Gasteiger partial charge < -0.3 is 0 Å². The summed E-state index contributed by atoms with van der Waals surface area (Å²) in [6.07, 6.45) is -2.86. The first-order chi connectivity index (χ1) is 7.10. The highest BCUT2D eigenvalue weighted by atomic mass is 79.9. The molecule has 1 rings (SSSR count). The van der Waals surface area contributed by atoms with Gasteiger partial charge in [-0.05, 0) is 22.0 Å². The van der Waals surface area contributed by atoms with Crippen LogP contribution in [0.5, 0.6) is 0 Å². The molecule has 0 aliphatic carbocycles. The number of aromatic nitrogens is 1. The highest BCUT2D eigenvalue weighted by molar-refractivity contribution is 9.10. The molecule has 0 N–H and O–H groups in total. The summed E-state index contributed by atoms with van der Waals surface area (Å²) in [4.78, 5) is 3.60. The normalized spacial score (nSPS) is 9.73. The predicted molar refractivity (Wildman–Crippen MR) is 50.9 cm³/mol. The van der Waals surface area contributed by atoms with Gasteiger partial charge in [-0.15, -0.1) is 0 Å². The summed E-state index contributed by atoms with van der Waals surface area (Å²) in [6, 6.07) is 4.56. The largest absolute Gasteiger partial charge is 0.280 e. The summed E-state index contributed by atoms with van der Waals surface area (Å²) in [7, 11) is 0. The summed E-state index contributed by atoms with van der Waals surface area (Å²) in [5, 5.41) is 17.1. The number of nitriles is 2. The second kappa shape index (κ2) is 4.81. The Morgan fingerprint density at radius 1 is 1.47 bits per heavy atom. The van der Waals surface area contributed by atoms with Crippen molar-refractivity contribution in [1.82, 2.24) is 4.98 Å². The maximum Gasteiger partial charge on any atom is 0.280 e. The molecular weight excluding hydrogens is 268 g/mol. The van der Waals surface area contributed by atoms with Crippen molar-refractivity contribution in [2.75, 3.05) is 0 Å². The molecule has 0 unspecified atom stereocenters. The molecule has 0 spiro atoms. The lowest BCUT2D eigenvalue weighted by atomic mass is 10.2. The predicted octanol–water partition coefficient (Wildman–Crippen LogP) is 2.72. The highest BCUT2D eigenvalue weighted by Crippen LogP contribution is 2.25. The van der Waals surface area contributed by atoms with E-state index in [1.54, 1.807) is 12.1 Å². The number of pyridine rings is 1. The Kier molecular flexibility index (Phi) is 3.70. The number of rotatable bonds is 2. The molecule has 1 aromatic heterocycles. The number of hydrogen-bond acceptors (Lipinski definition) is 3. The molecule has 0 fully saturated rings.